The van der Waals surface area contributed by atoms with Gasteiger partial charge in [-0.3, -0.25) is 4.79 Å². The van der Waals surface area contributed by atoms with Gasteiger partial charge in [-0.15, -0.1) is 0 Å². The lowest BCUT2D eigenvalue weighted by Crippen LogP contribution is -2.25. The first-order chi connectivity index (χ1) is 11.7. The van der Waals surface area contributed by atoms with Crippen molar-refractivity contribution in [1.29, 1.82) is 0 Å². The monoisotopic (exact) mass is 323 g/mol. The van der Waals surface area contributed by atoms with Gasteiger partial charge in [0.25, 0.3) is 5.91 Å². The molecule has 1 saturated heterocycles. The zero-order valence-corrected chi connectivity index (χ0v) is 14.3. The van der Waals surface area contributed by atoms with Crippen LogP contribution in [-0.2, 0) is 6.54 Å². The van der Waals surface area contributed by atoms with Gasteiger partial charge in [0.15, 0.2) is 0 Å². The van der Waals surface area contributed by atoms with Crippen LogP contribution in [-0.4, -0.2) is 24.0 Å². The topological polar surface area (TPSA) is 45.2 Å². The van der Waals surface area contributed by atoms with E-state index in [2.05, 4.69) is 27.3 Å². The fourth-order valence-electron chi connectivity index (χ4n) is 3.08. The first-order valence-corrected chi connectivity index (χ1v) is 8.77. The number of rotatable bonds is 4. The zero-order valence-electron chi connectivity index (χ0n) is 14.3. The molecule has 1 fully saturated rings. The third-order valence-electron chi connectivity index (χ3n) is 4.47. The third-order valence-corrected chi connectivity index (χ3v) is 4.47. The molecular formula is C20H25N3O. The van der Waals surface area contributed by atoms with Crippen LogP contribution in [0.15, 0.2) is 42.6 Å². The molecule has 0 aliphatic carbocycles. The van der Waals surface area contributed by atoms with Gasteiger partial charge in [-0.25, -0.2) is 4.98 Å². The number of nitrogens with zero attached hydrogens (tertiary/aromatic N) is 2. The summed E-state index contributed by atoms with van der Waals surface area (Å²) in [6.07, 6.45) is 7.00. The number of nitrogens with one attached hydrogen (secondary N) is 1. The number of carbonyl (C=O) groups is 1. The molecule has 0 atom stereocenters. The number of aromatic nitrogens is 1. The second kappa shape index (κ2) is 7.95. The molecule has 1 N–H and O–H groups in total. The van der Waals surface area contributed by atoms with Gasteiger partial charge < -0.3 is 10.2 Å². The summed E-state index contributed by atoms with van der Waals surface area (Å²) >= 11 is 0. The van der Waals surface area contributed by atoms with Crippen LogP contribution in [0.2, 0.25) is 0 Å². The Kier molecular flexibility index (Phi) is 5.47. The summed E-state index contributed by atoms with van der Waals surface area (Å²) in [6, 6.07) is 11.8. The summed E-state index contributed by atoms with van der Waals surface area (Å²) in [5.41, 5.74) is 2.81. The number of aryl methyl sites for hydroxylation is 1. The first kappa shape index (κ1) is 16.5. The van der Waals surface area contributed by atoms with Gasteiger partial charge in [-0.05, 0) is 43.5 Å². The van der Waals surface area contributed by atoms with Gasteiger partial charge in [-0.1, -0.05) is 36.6 Å². The fourth-order valence-corrected chi connectivity index (χ4v) is 3.08. The van der Waals surface area contributed by atoms with Crippen molar-refractivity contribution in [3.63, 3.8) is 0 Å². The minimum absolute atomic E-state index is 0.0460. The van der Waals surface area contributed by atoms with Crippen LogP contribution < -0.4 is 10.2 Å². The Morgan fingerprint density at radius 2 is 1.92 bits per heavy atom. The van der Waals surface area contributed by atoms with Gasteiger partial charge in [0.05, 0.1) is 0 Å². The highest BCUT2D eigenvalue weighted by molar-refractivity contribution is 5.94. The number of anilines is 1. The molecule has 24 heavy (non-hydrogen) atoms. The molecule has 4 heteroatoms. The summed E-state index contributed by atoms with van der Waals surface area (Å²) in [7, 11) is 0. The molecule has 0 radical (unpaired) electrons. The van der Waals surface area contributed by atoms with E-state index in [4.69, 9.17) is 0 Å². The Bertz CT molecular complexity index is 674. The lowest BCUT2D eigenvalue weighted by molar-refractivity contribution is 0.0951. The molecule has 1 amide bonds. The Balaban J connectivity index is 1.57. The normalized spacial score (nSPS) is 15.0. The number of hydrogen-bond donors (Lipinski definition) is 1. The van der Waals surface area contributed by atoms with E-state index < -0.39 is 0 Å². The number of carbonyl (C=O) groups excluding carboxylic acids is 1. The van der Waals surface area contributed by atoms with Gasteiger partial charge in [0.1, 0.15) is 5.82 Å². The molecule has 1 aliphatic heterocycles. The number of hydrogen-bond acceptors (Lipinski definition) is 3. The Labute approximate surface area is 143 Å². The Morgan fingerprint density at radius 1 is 1.12 bits per heavy atom. The van der Waals surface area contributed by atoms with Crippen molar-refractivity contribution in [2.45, 2.75) is 39.2 Å². The van der Waals surface area contributed by atoms with Crippen LogP contribution in [0.25, 0.3) is 0 Å². The average molecular weight is 323 g/mol. The summed E-state index contributed by atoms with van der Waals surface area (Å²) in [4.78, 5) is 19.1. The van der Waals surface area contributed by atoms with Crippen molar-refractivity contribution >= 4 is 11.7 Å². The largest absolute Gasteiger partial charge is 0.357 e. The minimum atomic E-state index is -0.0460. The van der Waals surface area contributed by atoms with Gasteiger partial charge in [0.2, 0.25) is 0 Å². The maximum absolute atomic E-state index is 12.2. The maximum atomic E-state index is 12.2. The van der Waals surface area contributed by atoms with Crippen LogP contribution in [0.4, 0.5) is 5.82 Å². The lowest BCUT2D eigenvalue weighted by Gasteiger charge is -2.21. The highest BCUT2D eigenvalue weighted by Crippen LogP contribution is 2.17. The van der Waals surface area contributed by atoms with Crippen molar-refractivity contribution in [3.8, 4) is 0 Å². The van der Waals surface area contributed by atoms with Gasteiger partial charge >= 0.3 is 0 Å². The fraction of sp³-hybridized carbons (Fsp3) is 0.400. The van der Waals surface area contributed by atoms with E-state index in [-0.39, 0.29) is 5.91 Å². The highest BCUT2D eigenvalue weighted by atomic mass is 16.1. The summed E-state index contributed by atoms with van der Waals surface area (Å²) in [6.45, 7) is 4.68. The molecule has 2 heterocycles. The summed E-state index contributed by atoms with van der Waals surface area (Å²) in [5.74, 6) is 1.00. The van der Waals surface area contributed by atoms with E-state index >= 15 is 0 Å². The average Bonchev–Trinajstić information content (AvgIpc) is 2.89. The molecule has 0 spiro atoms. The number of benzene rings is 1. The molecule has 3 rings (SSSR count). The van der Waals surface area contributed by atoms with Crippen LogP contribution in [0.3, 0.4) is 0 Å². The van der Waals surface area contributed by atoms with Crippen molar-refractivity contribution in [2.75, 3.05) is 18.0 Å². The molecule has 0 saturated carbocycles. The summed E-state index contributed by atoms with van der Waals surface area (Å²) < 4.78 is 0. The van der Waals surface area contributed by atoms with E-state index in [0.29, 0.717) is 12.1 Å². The Hall–Kier alpha value is -2.36. The van der Waals surface area contributed by atoms with Crippen LogP contribution >= 0.6 is 0 Å². The molecule has 4 nitrogen and oxygen atoms in total. The first-order valence-electron chi connectivity index (χ1n) is 8.77. The molecule has 0 unspecified atom stereocenters. The van der Waals surface area contributed by atoms with Crippen molar-refractivity contribution in [3.05, 3.63) is 59.3 Å². The predicted octanol–water partition coefficient (Wildman–Crippen LogP) is 3.70. The molecule has 126 valence electrons. The number of pyridine rings is 1. The Morgan fingerprint density at radius 3 is 2.58 bits per heavy atom. The molecule has 0 bridgehead atoms. The van der Waals surface area contributed by atoms with Crippen LogP contribution in [0.1, 0.15) is 47.2 Å². The summed E-state index contributed by atoms with van der Waals surface area (Å²) in [5, 5.41) is 2.96. The SMILES string of the molecule is Cc1cccc(C(=O)NCc2ccc(N3CCCCCC3)nc2)c1. The van der Waals surface area contributed by atoms with Gasteiger partial charge in [0, 0.05) is 31.4 Å². The highest BCUT2D eigenvalue weighted by Gasteiger charge is 2.11. The van der Waals surface area contributed by atoms with E-state index in [1.165, 1.54) is 25.7 Å². The number of amides is 1. The predicted molar refractivity (Wildman–Crippen MR) is 97.3 cm³/mol. The van der Waals surface area contributed by atoms with Crippen molar-refractivity contribution in [1.82, 2.24) is 10.3 Å². The van der Waals surface area contributed by atoms with Crippen molar-refractivity contribution < 1.29 is 4.79 Å². The van der Waals surface area contributed by atoms with Gasteiger partial charge in [-0.2, -0.15) is 0 Å². The molecule has 2 aromatic rings. The third kappa shape index (κ3) is 4.34. The zero-order chi connectivity index (χ0) is 16.8. The minimum Gasteiger partial charge on any atom is -0.357 e. The molecule has 1 aromatic heterocycles. The van der Waals surface area contributed by atoms with E-state index in [1.54, 1.807) is 0 Å². The molecular weight excluding hydrogens is 298 g/mol. The standard InChI is InChI=1S/C20H25N3O/c1-16-7-6-8-18(13-16)20(24)22-15-17-9-10-19(21-14-17)23-11-4-2-3-5-12-23/h6-10,13-14H,2-5,11-12,15H2,1H3,(H,22,24). The molecule has 1 aliphatic rings. The van der Waals surface area contributed by atoms with E-state index in [0.717, 1.165) is 30.0 Å². The maximum Gasteiger partial charge on any atom is 0.251 e. The van der Waals surface area contributed by atoms with E-state index in [9.17, 15) is 4.79 Å². The molecule has 1 aromatic carbocycles. The smallest absolute Gasteiger partial charge is 0.251 e. The van der Waals surface area contributed by atoms with E-state index in [1.807, 2.05) is 37.4 Å². The quantitative estimate of drug-likeness (QED) is 0.933. The lowest BCUT2D eigenvalue weighted by atomic mass is 10.1. The second-order valence-corrected chi connectivity index (χ2v) is 6.48. The van der Waals surface area contributed by atoms with Crippen molar-refractivity contribution in [2.24, 2.45) is 0 Å². The van der Waals surface area contributed by atoms with Crippen LogP contribution in [0.5, 0.6) is 0 Å². The van der Waals surface area contributed by atoms with Crippen LogP contribution in [0, 0.1) is 6.92 Å². The second-order valence-electron chi connectivity index (χ2n) is 6.48.